The highest BCUT2D eigenvalue weighted by Gasteiger charge is 2.26. The maximum atomic E-state index is 6.28. The highest BCUT2D eigenvalue weighted by Crippen LogP contribution is 2.32. The highest BCUT2D eigenvalue weighted by atomic mass is 15.3. The Morgan fingerprint density at radius 3 is 2.18 bits per heavy atom. The molecular weight excluding hydrogens is 270 g/mol. The molecule has 1 aliphatic heterocycles. The van der Waals surface area contributed by atoms with Crippen LogP contribution >= 0.6 is 0 Å². The number of nitrogen functional groups attached to an aromatic ring is 1. The van der Waals surface area contributed by atoms with Crippen molar-refractivity contribution in [3.63, 3.8) is 0 Å². The number of nitrogens with zero attached hydrogens (tertiary/aromatic N) is 2. The van der Waals surface area contributed by atoms with Crippen molar-refractivity contribution in [1.82, 2.24) is 9.80 Å². The number of likely N-dealkylation sites (N-methyl/N-ethyl adjacent to an activating group) is 1. The zero-order valence-corrected chi connectivity index (χ0v) is 13.3. The average Bonchev–Trinajstić information content (AvgIpc) is 2.58. The van der Waals surface area contributed by atoms with Gasteiger partial charge >= 0.3 is 0 Å². The Kier molecular flexibility index (Phi) is 4.76. The molecule has 0 aromatic heterocycles. The van der Waals surface area contributed by atoms with Crippen molar-refractivity contribution in [3.05, 3.63) is 65.7 Å². The summed E-state index contributed by atoms with van der Waals surface area (Å²) in [6, 6.07) is 19.2. The van der Waals surface area contributed by atoms with E-state index >= 15 is 0 Å². The van der Waals surface area contributed by atoms with Gasteiger partial charge in [0.1, 0.15) is 0 Å². The zero-order chi connectivity index (χ0) is 15.4. The fraction of sp³-hybridized carbons (Fsp3) is 0.368. The largest absolute Gasteiger partial charge is 0.398 e. The summed E-state index contributed by atoms with van der Waals surface area (Å²) in [6.45, 7) is 7.81. The van der Waals surface area contributed by atoms with Crippen LogP contribution in [0.15, 0.2) is 54.6 Å². The average molecular weight is 295 g/mol. The van der Waals surface area contributed by atoms with Gasteiger partial charge in [-0.15, -0.1) is 0 Å². The third-order valence-corrected chi connectivity index (χ3v) is 4.63. The molecule has 1 saturated heterocycles. The van der Waals surface area contributed by atoms with Gasteiger partial charge in [0.05, 0.1) is 6.04 Å². The summed E-state index contributed by atoms with van der Waals surface area (Å²) in [6.07, 6.45) is 0. The molecule has 1 atom stereocenters. The Morgan fingerprint density at radius 1 is 0.909 bits per heavy atom. The number of rotatable bonds is 4. The SMILES string of the molecule is CCN1CCN(C(c2ccccc2)c2ccccc2N)CC1. The second-order valence-electron chi connectivity index (χ2n) is 5.91. The van der Waals surface area contributed by atoms with Gasteiger partial charge in [-0.3, -0.25) is 4.90 Å². The Morgan fingerprint density at radius 2 is 1.55 bits per heavy atom. The van der Waals surface area contributed by atoms with E-state index in [9.17, 15) is 0 Å². The van der Waals surface area contributed by atoms with Crippen molar-refractivity contribution in [2.45, 2.75) is 13.0 Å². The summed E-state index contributed by atoms with van der Waals surface area (Å²) < 4.78 is 0. The highest BCUT2D eigenvalue weighted by molar-refractivity contribution is 5.51. The molecule has 0 bridgehead atoms. The predicted octanol–water partition coefficient (Wildman–Crippen LogP) is 3.00. The molecule has 3 rings (SSSR count). The summed E-state index contributed by atoms with van der Waals surface area (Å²) >= 11 is 0. The minimum atomic E-state index is 0.251. The molecule has 0 spiro atoms. The summed E-state index contributed by atoms with van der Waals surface area (Å²) in [5.74, 6) is 0. The molecule has 0 radical (unpaired) electrons. The number of para-hydroxylation sites is 1. The lowest BCUT2D eigenvalue weighted by Crippen LogP contribution is -2.47. The third kappa shape index (κ3) is 3.16. The van der Waals surface area contributed by atoms with E-state index < -0.39 is 0 Å². The van der Waals surface area contributed by atoms with Crippen LogP contribution in [0.25, 0.3) is 0 Å². The number of hydrogen-bond acceptors (Lipinski definition) is 3. The fourth-order valence-corrected chi connectivity index (χ4v) is 3.32. The smallest absolute Gasteiger partial charge is 0.0623 e. The third-order valence-electron chi connectivity index (χ3n) is 4.63. The Bertz CT molecular complexity index is 589. The first-order valence-corrected chi connectivity index (χ1v) is 8.15. The number of nitrogens with two attached hydrogens (primary N) is 1. The van der Waals surface area contributed by atoms with Crippen LogP contribution in [0, 0.1) is 0 Å². The minimum Gasteiger partial charge on any atom is -0.398 e. The number of hydrogen-bond donors (Lipinski definition) is 1. The van der Waals surface area contributed by atoms with Crippen molar-refractivity contribution >= 4 is 5.69 Å². The maximum absolute atomic E-state index is 6.28. The molecule has 1 unspecified atom stereocenters. The predicted molar refractivity (Wildman–Crippen MR) is 92.8 cm³/mol. The molecule has 1 aliphatic rings. The van der Waals surface area contributed by atoms with E-state index in [1.54, 1.807) is 0 Å². The molecule has 2 aromatic rings. The van der Waals surface area contributed by atoms with Gasteiger partial charge < -0.3 is 10.6 Å². The first-order chi connectivity index (χ1) is 10.8. The maximum Gasteiger partial charge on any atom is 0.0623 e. The lowest BCUT2D eigenvalue weighted by atomic mass is 9.95. The first-order valence-electron chi connectivity index (χ1n) is 8.15. The van der Waals surface area contributed by atoms with Gasteiger partial charge in [0.15, 0.2) is 0 Å². The van der Waals surface area contributed by atoms with E-state index in [4.69, 9.17) is 5.73 Å². The Hall–Kier alpha value is -1.84. The molecular formula is C19H25N3. The van der Waals surface area contributed by atoms with Crippen LogP contribution in [-0.2, 0) is 0 Å². The molecule has 1 fully saturated rings. The van der Waals surface area contributed by atoms with E-state index in [0.29, 0.717) is 0 Å². The lowest BCUT2D eigenvalue weighted by molar-refractivity contribution is 0.113. The van der Waals surface area contributed by atoms with Crippen LogP contribution in [0.1, 0.15) is 24.1 Å². The van der Waals surface area contributed by atoms with Crippen LogP contribution < -0.4 is 5.73 Å². The Balaban J connectivity index is 1.93. The van der Waals surface area contributed by atoms with Crippen molar-refractivity contribution in [3.8, 4) is 0 Å². The van der Waals surface area contributed by atoms with E-state index in [0.717, 1.165) is 38.4 Å². The molecule has 116 valence electrons. The first kappa shape index (κ1) is 15.1. The standard InChI is InChI=1S/C19H25N3/c1-2-21-12-14-22(15-13-21)19(16-8-4-3-5-9-16)17-10-6-7-11-18(17)20/h3-11,19H,2,12-15,20H2,1H3. The van der Waals surface area contributed by atoms with Gasteiger partial charge in [0.25, 0.3) is 0 Å². The van der Waals surface area contributed by atoms with Gasteiger partial charge in [-0.1, -0.05) is 55.5 Å². The summed E-state index contributed by atoms with van der Waals surface area (Å²) in [5.41, 5.74) is 9.71. The monoisotopic (exact) mass is 295 g/mol. The van der Waals surface area contributed by atoms with Crippen LogP contribution in [0.5, 0.6) is 0 Å². The van der Waals surface area contributed by atoms with Gasteiger partial charge in [0, 0.05) is 31.9 Å². The van der Waals surface area contributed by atoms with Gasteiger partial charge in [-0.05, 0) is 23.7 Å². The van der Waals surface area contributed by atoms with Crippen LogP contribution in [0.2, 0.25) is 0 Å². The van der Waals surface area contributed by atoms with Crippen LogP contribution in [0.3, 0.4) is 0 Å². The second kappa shape index (κ2) is 6.95. The minimum absolute atomic E-state index is 0.251. The van der Waals surface area contributed by atoms with E-state index in [-0.39, 0.29) is 6.04 Å². The molecule has 2 aromatic carbocycles. The van der Waals surface area contributed by atoms with Gasteiger partial charge in [-0.2, -0.15) is 0 Å². The molecule has 3 heteroatoms. The number of piperazine rings is 1. The summed E-state index contributed by atoms with van der Waals surface area (Å²) in [4.78, 5) is 5.07. The van der Waals surface area contributed by atoms with E-state index in [1.165, 1.54) is 11.1 Å². The van der Waals surface area contributed by atoms with Crippen molar-refractivity contribution in [1.29, 1.82) is 0 Å². The fourth-order valence-electron chi connectivity index (χ4n) is 3.32. The summed E-state index contributed by atoms with van der Waals surface area (Å²) in [7, 11) is 0. The summed E-state index contributed by atoms with van der Waals surface area (Å²) in [5, 5.41) is 0. The van der Waals surface area contributed by atoms with Crippen molar-refractivity contribution in [2.75, 3.05) is 38.5 Å². The van der Waals surface area contributed by atoms with Crippen molar-refractivity contribution in [2.24, 2.45) is 0 Å². The quantitative estimate of drug-likeness (QED) is 0.880. The normalized spacial score (nSPS) is 18.2. The number of anilines is 1. The van der Waals surface area contributed by atoms with E-state index in [2.05, 4.69) is 59.2 Å². The molecule has 0 aliphatic carbocycles. The topological polar surface area (TPSA) is 32.5 Å². The van der Waals surface area contributed by atoms with E-state index in [1.807, 2.05) is 12.1 Å². The van der Waals surface area contributed by atoms with Crippen LogP contribution in [0.4, 0.5) is 5.69 Å². The zero-order valence-electron chi connectivity index (χ0n) is 13.3. The number of benzene rings is 2. The van der Waals surface area contributed by atoms with Gasteiger partial charge in [-0.25, -0.2) is 0 Å². The molecule has 1 heterocycles. The molecule has 0 saturated carbocycles. The lowest BCUT2D eigenvalue weighted by Gasteiger charge is -2.39. The Labute approximate surface area is 133 Å². The van der Waals surface area contributed by atoms with Crippen molar-refractivity contribution < 1.29 is 0 Å². The molecule has 22 heavy (non-hydrogen) atoms. The van der Waals surface area contributed by atoms with Crippen LogP contribution in [-0.4, -0.2) is 42.5 Å². The van der Waals surface area contributed by atoms with Gasteiger partial charge in [0.2, 0.25) is 0 Å². The molecule has 2 N–H and O–H groups in total. The molecule has 0 amide bonds. The second-order valence-corrected chi connectivity index (χ2v) is 5.91. The molecule has 3 nitrogen and oxygen atoms in total.